The van der Waals surface area contributed by atoms with E-state index < -0.39 is 0 Å². The first-order chi connectivity index (χ1) is 5.13. The molecule has 0 unspecified atom stereocenters. The average molecular weight is 244 g/mol. The Bertz CT molecular complexity index is 177. The number of hydroxylamine groups is 2. The van der Waals surface area contributed by atoms with Gasteiger partial charge in [0.2, 0.25) is 0 Å². The van der Waals surface area contributed by atoms with Gasteiger partial charge in [-0.2, -0.15) is 5.06 Å². The smallest absolute Gasteiger partial charge is 0.115 e. The Kier molecular flexibility index (Phi) is 11.1. The molecule has 65 valence electrons. The monoisotopic (exact) mass is 244 g/mol. The summed E-state index contributed by atoms with van der Waals surface area (Å²) in [7, 11) is 3.11. The predicted molar refractivity (Wildman–Crippen MR) is 43.6 cm³/mol. The molecule has 1 radical (unpaired) electrons. The molecule has 0 aliphatic rings. The molecule has 1 rings (SSSR count). The summed E-state index contributed by atoms with van der Waals surface area (Å²) in [6, 6.07) is 8.71. The van der Waals surface area contributed by atoms with Crippen molar-refractivity contribution < 1.29 is 43.0 Å². The summed E-state index contributed by atoms with van der Waals surface area (Å²) in [5, 5.41) is 17.5. The first kappa shape index (κ1) is 14.6. The number of aromatic hydroxyl groups is 1. The van der Waals surface area contributed by atoms with Gasteiger partial charge in [0.15, 0.2) is 0 Å². The fraction of sp³-hybridized carbons (Fsp3) is 0.250. The molecule has 0 amide bonds. The van der Waals surface area contributed by atoms with Crippen LogP contribution >= 0.6 is 0 Å². The molecular formula is C8H13NO2Y. The molecule has 1 aromatic carbocycles. The Labute approximate surface area is 97.9 Å². The van der Waals surface area contributed by atoms with Gasteiger partial charge >= 0.3 is 0 Å². The van der Waals surface area contributed by atoms with Crippen molar-refractivity contribution in [3.8, 4) is 5.75 Å². The van der Waals surface area contributed by atoms with E-state index in [-0.39, 0.29) is 32.7 Å². The van der Waals surface area contributed by atoms with Gasteiger partial charge in [-0.05, 0) is 12.1 Å². The molecule has 2 N–H and O–H groups in total. The van der Waals surface area contributed by atoms with Crippen LogP contribution in [0.5, 0.6) is 5.75 Å². The third kappa shape index (κ3) is 12.7. The molecule has 0 aromatic heterocycles. The van der Waals surface area contributed by atoms with Crippen molar-refractivity contribution in [2.75, 3.05) is 14.1 Å². The van der Waals surface area contributed by atoms with Crippen LogP contribution in [0, 0.1) is 0 Å². The van der Waals surface area contributed by atoms with E-state index >= 15 is 0 Å². The zero-order chi connectivity index (χ0) is 8.69. The van der Waals surface area contributed by atoms with Gasteiger partial charge in [0.25, 0.3) is 0 Å². The van der Waals surface area contributed by atoms with Gasteiger partial charge in [-0.25, -0.2) is 0 Å². The van der Waals surface area contributed by atoms with Crippen LogP contribution in [0.15, 0.2) is 30.3 Å². The van der Waals surface area contributed by atoms with E-state index in [1.807, 2.05) is 6.07 Å². The quantitative estimate of drug-likeness (QED) is 0.676. The van der Waals surface area contributed by atoms with Gasteiger partial charge in [0, 0.05) is 46.8 Å². The van der Waals surface area contributed by atoms with Crippen LogP contribution in [0.3, 0.4) is 0 Å². The normalized spacial score (nSPS) is 8.00. The number of phenols is 1. The molecule has 0 atom stereocenters. The minimum absolute atomic E-state index is 0. The maximum absolute atomic E-state index is 8.63. The van der Waals surface area contributed by atoms with Crippen LogP contribution in [-0.4, -0.2) is 29.5 Å². The fourth-order valence-corrected chi connectivity index (χ4v) is 0.428. The molecule has 0 bridgehead atoms. The second-order valence-corrected chi connectivity index (χ2v) is 2.18. The van der Waals surface area contributed by atoms with Crippen molar-refractivity contribution in [2.45, 2.75) is 0 Å². The Hall–Kier alpha value is 0.0439. The van der Waals surface area contributed by atoms with Crippen molar-refractivity contribution in [3.05, 3.63) is 30.3 Å². The standard InChI is InChI=1S/C6H6O.C2H7NO.Y/c7-6-4-2-1-3-5-6;1-3(2)4;/h1-5,7H;4H,1-2H3;. The van der Waals surface area contributed by atoms with E-state index in [0.717, 1.165) is 5.06 Å². The van der Waals surface area contributed by atoms with Crippen molar-refractivity contribution in [2.24, 2.45) is 0 Å². The number of hydrogen-bond acceptors (Lipinski definition) is 3. The third-order valence-electron chi connectivity index (χ3n) is 0.756. The molecule has 12 heavy (non-hydrogen) atoms. The van der Waals surface area contributed by atoms with Crippen molar-refractivity contribution in [1.82, 2.24) is 5.06 Å². The van der Waals surface area contributed by atoms with E-state index in [0.29, 0.717) is 5.75 Å². The molecule has 0 fully saturated rings. The SMILES string of the molecule is CN(C)O.Oc1ccccc1.[Y]. The second kappa shape index (κ2) is 9.13. The first-order valence-corrected chi connectivity index (χ1v) is 3.23. The summed E-state index contributed by atoms with van der Waals surface area (Å²) in [6.45, 7) is 0. The summed E-state index contributed by atoms with van der Waals surface area (Å²) >= 11 is 0. The zero-order valence-corrected chi connectivity index (χ0v) is 10.1. The van der Waals surface area contributed by atoms with E-state index in [1.54, 1.807) is 38.4 Å². The zero-order valence-electron chi connectivity index (χ0n) is 7.31. The number of hydrogen-bond donors (Lipinski definition) is 2. The number of para-hydroxylation sites is 1. The Morgan fingerprint density at radius 3 is 1.58 bits per heavy atom. The van der Waals surface area contributed by atoms with Crippen LogP contribution in [0.2, 0.25) is 0 Å². The van der Waals surface area contributed by atoms with Gasteiger partial charge in [0.1, 0.15) is 5.75 Å². The molecule has 0 aliphatic heterocycles. The Balaban J connectivity index is 0. The summed E-state index contributed by atoms with van der Waals surface area (Å²) in [6.07, 6.45) is 0. The van der Waals surface area contributed by atoms with Crippen LogP contribution in [0.25, 0.3) is 0 Å². The van der Waals surface area contributed by atoms with E-state index in [9.17, 15) is 0 Å². The largest absolute Gasteiger partial charge is 0.508 e. The summed E-state index contributed by atoms with van der Waals surface area (Å²) in [4.78, 5) is 0. The molecule has 0 saturated carbocycles. The molecular weight excluding hydrogens is 231 g/mol. The average Bonchev–Trinajstić information content (AvgIpc) is 1.87. The molecule has 3 nitrogen and oxygen atoms in total. The minimum atomic E-state index is 0. The van der Waals surface area contributed by atoms with Gasteiger partial charge in [-0.15, -0.1) is 0 Å². The topological polar surface area (TPSA) is 43.7 Å². The maximum atomic E-state index is 8.63. The molecule has 0 saturated heterocycles. The van der Waals surface area contributed by atoms with E-state index in [2.05, 4.69) is 0 Å². The minimum Gasteiger partial charge on any atom is -0.508 e. The van der Waals surface area contributed by atoms with Crippen molar-refractivity contribution in [3.63, 3.8) is 0 Å². The number of rotatable bonds is 0. The predicted octanol–water partition coefficient (Wildman–Crippen LogP) is 1.33. The van der Waals surface area contributed by atoms with Crippen LogP contribution in [0.4, 0.5) is 0 Å². The summed E-state index contributed by atoms with van der Waals surface area (Å²) < 4.78 is 0. The number of phenolic OH excluding ortho intramolecular Hbond substituents is 1. The van der Waals surface area contributed by atoms with Crippen LogP contribution < -0.4 is 0 Å². The van der Waals surface area contributed by atoms with E-state index in [4.69, 9.17) is 10.3 Å². The van der Waals surface area contributed by atoms with Gasteiger partial charge in [0.05, 0.1) is 0 Å². The first-order valence-electron chi connectivity index (χ1n) is 3.23. The molecule has 1 aromatic rings. The molecule has 0 spiro atoms. The maximum Gasteiger partial charge on any atom is 0.115 e. The number of benzene rings is 1. The van der Waals surface area contributed by atoms with Gasteiger partial charge in [-0.1, -0.05) is 18.2 Å². The van der Waals surface area contributed by atoms with Crippen molar-refractivity contribution in [1.29, 1.82) is 0 Å². The number of nitrogens with zero attached hydrogens (tertiary/aromatic N) is 1. The van der Waals surface area contributed by atoms with Crippen LogP contribution in [-0.2, 0) is 32.7 Å². The fourth-order valence-electron chi connectivity index (χ4n) is 0.428. The molecule has 0 heterocycles. The molecule has 0 aliphatic carbocycles. The van der Waals surface area contributed by atoms with Crippen LogP contribution in [0.1, 0.15) is 0 Å². The second-order valence-electron chi connectivity index (χ2n) is 2.18. The van der Waals surface area contributed by atoms with Gasteiger partial charge < -0.3 is 10.3 Å². The Morgan fingerprint density at radius 1 is 1.08 bits per heavy atom. The summed E-state index contributed by atoms with van der Waals surface area (Å²) in [5.74, 6) is 0.322. The third-order valence-corrected chi connectivity index (χ3v) is 0.756. The Morgan fingerprint density at radius 2 is 1.42 bits per heavy atom. The van der Waals surface area contributed by atoms with Gasteiger partial charge in [-0.3, -0.25) is 0 Å². The van der Waals surface area contributed by atoms with E-state index in [1.165, 1.54) is 0 Å². The van der Waals surface area contributed by atoms with Crippen molar-refractivity contribution >= 4 is 0 Å². The summed E-state index contributed by atoms with van der Waals surface area (Å²) in [5.41, 5.74) is 0. The molecule has 4 heteroatoms.